The molecule has 1 saturated heterocycles. The number of hydrogen-bond acceptors (Lipinski definition) is 3. The Kier molecular flexibility index (Phi) is 3.50. The lowest BCUT2D eigenvalue weighted by molar-refractivity contribution is -0.140. The predicted octanol–water partition coefficient (Wildman–Crippen LogP) is 0.991. The molecule has 0 radical (unpaired) electrons. The third kappa shape index (κ3) is 2.56. The minimum atomic E-state index is -0.804. The van der Waals surface area contributed by atoms with Gasteiger partial charge in [-0.3, -0.25) is 9.59 Å². The summed E-state index contributed by atoms with van der Waals surface area (Å²) in [5.41, 5.74) is -0.804. The number of rotatable bonds is 3. The van der Waals surface area contributed by atoms with Crippen molar-refractivity contribution in [1.82, 2.24) is 4.90 Å². The largest absolute Gasteiger partial charge is 0.362 e. The molecule has 0 aromatic rings. The van der Waals surface area contributed by atoms with Gasteiger partial charge in [-0.25, -0.2) is 0 Å². The highest BCUT2D eigenvalue weighted by Gasteiger charge is 2.43. The third-order valence-electron chi connectivity index (χ3n) is 2.84. The second-order valence-corrected chi connectivity index (χ2v) is 4.32. The average molecular weight is 213 g/mol. The fraction of sp³-hybridized carbons (Fsp3) is 0.818. The number of hydrogen-bond donors (Lipinski definition) is 0. The molecule has 0 aliphatic carbocycles. The average Bonchev–Trinajstić information content (AvgIpc) is 2.36. The van der Waals surface area contributed by atoms with Crippen LogP contribution >= 0.6 is 0 Å². The van der Waals surface area contributed by atoms with Crippen molar-refractivity contribution in [2.24, 2.45) is 0 Å². The minimum absolute atomic E-state index is 0.0188. The van der Waals surface area contributed by atoms with E-state index in [9.17, 15) is 9.59 Å². The minimum Gasteiger partial charge on any atom is -0.362 e. The maximum absolute atomic E-state index is 11.7. The van der Waals surface area contributed by atoms with Gasteiger partial charge >= 0.3 is 0 Å². The van der Waals surface area contributed by atoms with Crippen molar-refractivity contribution >= 4 is 11.7 Å². The van der Waals surface area contributed by atoms with Crippen LogP contribution in [0, 0.1) is 0 Å². The molecule has 1 fully saturated rings. The molecule has 4 nitrogen and oxygen atoms in total. The van der Waals surface area contributed by atoms with Gasteiger partial charge in [-0.15, -0.1) is 0 Å². The lowest BCUT2D eigenvalue weighted by atomic mass is 10.00. The molecule has 0 N–H and O–H groups in total. The van der Waals surface area contributed by atoms with Crippen LogP contribution in [-0.2, 0) is 14.3 Å². The molecule has 0 unspecified atom stereocenters. The fourth-order valence-electron chi connectivity index (χ4n) is 1.96. The van der Waals surface area contributed by atoms with Gasteiger partial charge in [-0.2, -0.15) is 0 Å². The molecule has 0 bridgehead atoms. The van der Waals surface area contributed by atoms with Crippen molar-refractivity contribution in [1.29, 1.82) is 0 Å². The van der Waals surface area contributed by atoms with Gasteiger partial charge in [0.15, 0.2) is 5.78 Å². The molecule has 1 heterocycles. The van der Waals surface area contributed by atoms with Gasteiger partial charge in [0.2, 0.25) is 5.91 Å². The molecule has 0 aromatic carbocycles. The lowest BCUT2D eigenvalue weighted by Gasteiger charge is -2.29. The first-order valence-corrected chi connectivity index (χ1v) is 5.35. The van der Waals surface area contributed by atoms with Gasteiger partial charge in [0.25, 0.3) is 0 Å². The van der Waals surface area contributed by atoms with Crippen LogP contribution < -0.4 is 0 Å². The number of carbonyl (C=O) groups is 2. The summed E-state index contributed by atoms with van der Waals surface area (Å²) < 4.78 is 5.60. The van der Waals surface area contributed by atoms with E-state index in [-0.39, 0.29) is 17.8 Å². The van der Waals surface area contributed by atoms with E-state index in [1.807, 2.05) is 13.8 Å². The third-order valence-corrected chi connectivity index (χ3v) is 2.84. The molecule has 0 saturated carbocycles. The van der Waals surface area contributed by atoms with Crippen molar-refractivity contribution in [3.63, 3.8) is 0 Å². The predicted molar refractivity (Wildman–Crippen MR) is 56.5 cm³/mol. The van der Waals surface area contributed by atoms with Crippen LogP contribution in [-0.4, -0.2) is 41.4 Å². The number of likely N-dealkylation sites (N-methyl/N-ethyl adjacent to an activating group) is 1. The summed E-state index contributed by atoms with van der Waals surface area (Å²) >= 11 is 0. The van der Waals surface area contributed by atoms with E-state index < -0.39 is 5.60 Å². The summed E-state index contributed by atoms with van der Waals surface area (Å²) in [6.45, 7) is 8.03. The Morgan fingerprint density at radius 3 is 2.60 bits per heavy atom. The Labute approximate surface area is 90.6 Å². The first-order chi connectivity index (χ1) is 6.89. The molecule has 1 amide bonds. The number of Topliss-reactive ketones (excluding diaryl/α,β-unsaturated/α-hetero) is 1. The van der Waals surface area contributed by atoms with Crippen LogP contribution in [0.2, 0.25) is 0 Å². The molecule has 0 spiro atoms. The second kappa shape index (κ2) is 4.31. The van der Waals surface area contributed by atoms with Crippen LogP contribution in [0.4, 0.5) is 0 Å². The van der Waals surface area contributed by atoms with E-state index in [1.165, 1.54) is 6.92 Å². The highest BCUT2D eigenvalue weighted by atomic mass is 16.5. The molecule has 0 aromatic heterocycles. The van der Waals surface area contributed by atoms with E-state index >= 15 is 0 Å². The van der Waals surface area contributed by atoms with Crippen molar-refractivity contribution < 1.29 is 14.3 Å². The van der Waals surface area contributed by atoms with Crippen LogP contribution in [0.1, 0.15) is 34.1 Å². The molecule has 15 heavy (non-hydrogen) atoms. The molecule has 1 aliphatic rings. The van der Waals surface area contributed by atoms with Gasteiger partial charge in [0.05, 0.1) is 12.6 Å². The normalized spacial score (nSPS) is 30.7. The van der Waals surface area contributed by atoms with Crippen LogP contribution in [0.5, 0.6) is 0 Å². The maximum Gasteiger partial charge on any atom is 0.219 e. The Morgan fingerprint density at radius 2 is 2.27 bits per heavy atom. The monoisotopic (exact) mass is 213 g/mol. The van der Waals surface area contributed by atoms with Gasteiger partial charge in [0.1, 0.15) is 5.60 Å². The number of nitrogens with zero attached hydrogens (tertiary/aromatic N) is 1. The van der Waals surface area contributed by atoms with E-state index in [0.717, 1.165) is 0 Å². The maximum atomic E-state index is 11.7. The molecule has 2 atom stereocenters. The summed E-state index contributed by atoms with van der Waals surface area (Å²) in [7, 11) is 0. The lowest BCUT2D eigenvalue weighted by Crippen LogP contribution is -2.47. The van der Waals surface area contributed by atoms with E-state index in [2.05, 4.69) is 0 Å². The van der Waals surface area contributed by atoms with E-state index in [1.54, 1.807) is 11.8 Å². The summed E-state index contributed by atoms with van der Waals surface area (Å²) in [6.07, 6.45) is 0.416. The number of ether oxygens (including phenoxy) is 1. The molecular weight excluding hydrogens is 194 g/mol. The Balaban J connectivity index is 2.71. The fourth-order valence-corrected chi connectivity index (χ4v) is 1.96. The summed E-state index contributed by atoms with van der Waals surface area (Å²) in [5, 5.41) is 0. The van der Waals surface area contributed by atoms with Gasteiger partial charge < -0.3 is 9.64 Å². The number of ketones is 1. The Hall–Kier alpha value is -0.900. The Morgan fingerprint density at radius 1 is 1.67 bits per heavy atom. The zero-order valence-electron chi connectivity index (χ0n) is 9.87. The van der Waals surface area contributed by atoms with Crippen molar-refractivity contribution in [2.75, 3.05) is 13.1 Å². The zero-order chi connectivity index (χ0) is 11.6. The van der Waals surface area contributed by atoms with Gasteiger partial charge in [-0.1, -0.05) is 0 Å². The van der Waals surface area contributed by atoms with Crippen LogP contribution in [0.3, 0.4) is 0 Å². The number of carbonyl (C=O) groups excluding carboxylic acids is 2. The zero-order valence-corrected chi connectivity index (χ0v) is 9.87. The SMILES string of the molecule is CCN(C[C@]1(C)O[C@H](C)CC1=O)C(C)=O. The first kappa shape index (κ1) is 12.2. The summed E-state index contributed by atoms with van der Waals surface area (Å²) in [5.74, 6) is 0.0735. The van der Waals surface area contributed by atoms with Crippen molar-refractivity contribution in [3.8, 4) is 0 Å². The smallest absolute Gasteiger partial charge is 0.219 e. The van der Waals surface area contributed by atoms with Crippen molar-refractivity contribution in [2.45, 2.75) is 45.8 Å². The molecule has 86 valence electrons. The van der Waals surface area contributed by atoms with Gasteiger partial charge in [-0.05, 0) is 20.8 Å². The molecule has 4 heteroatoms. The summed E-state index contributed by atoms with van der Waals surface area (Å²) in [6, 6.07) is 0. The van der Waals surface area contributed by atoms with Crippen molar-refractivity contribution in [3.05, 3.63) is 0 Å². The standard InChI is InChI=1S/C11H19NO3/c1-5-12(9(3)13)7-11(4)10(14)6-8(2)15-11/h8H,5-7H2,1-4H3/t8-,11+/m1/s1. The highest BCUT2D eigenvalue weighted by molar-refractivity contribution is 5.90. The topological polar surface area (TPSA) is 46.6 Å². The van der Waals surface area contributed by atoms with Gasteiger partial charge in [0, 0.05) is 19.9 Å². The molecule has 1 aliphatic heterocycles. The summed E-state index contributed by atoms with van der Waals surface area (Å²) in [4.78, 5) is 24.6. The van der Waals surface area contributed by atoms with E-state index in [4.69, 9.17) is 4.74 Å². The van der Waals surface area contributed by atoms with Crippen LogP contribution in [0.15, 0.2) is 0 Å². The van der Waals surface area contributed by atoms with E-state index in [0.29, 0.717) is 19.5 Å². The first-order valence-electron chi connectivity index (χ1n) is 5.35. The second-order valence-electron chi connectivity index (χ2n) is 4.32. The molecular formula is C11H19NO3. The molecule has 1 rings (SSSR count). The van der Waals surface area contributed by atoms with Crippen LogP contribution in [0.25, 0.3) is 0 Å². The quantitative estimate of drug-likeness (QED) is 0.702. The highest BCUT2D eigenvalue weighted by Crippen LogP contribution is 2.27. The Bertz CT molecular complexity index is 277. The number of amides is 1.